The molecule has 1 unspecified atom stereocenters. The van der Waals surface area contributed by atoms with Crippen LogP contribution in [0.1, 0.15) is 17.2 Å². The van der Waals surface area contributed by atoms with Crippen molar-refractivity contribution in [1.29, 1.82) is 0 Å². The summed E-state index contributed by atoms with van der Waals surface area (Å²) in [5.41, 5.74) is 6.80. The normalized spacial score (nSPS) is 12.5. The summed E-state index contributed by atoms with van der Waals surface area (Å²) in [7, 11) is 0. The molecule has 0 aliphatic heterocycles. The molecule has 0 saturated heterocycles. The largest absolute Gasteiger partial charge is 0.324 e. The van der Waals surface area contributed by atoms with Gasteiger partial charge in [-0.25, -0.2) is 13.2 Å². The summed E-state index contributed by atoms with van der Waals surface area (Å²) in [5.74, 6) is -1.83. The predicted molar refractivity (Wildman–Crippen MR) is 68.4 cm³/mol. The standard InChI is InChI=1S/C14H11ClF3N/c15-11-5-9(2-4-12(11)17)14(19)6-8-1-3-10(16)7-13(8)18/h1-5,7,14H,6,19H2. The van der Waals surface area contributed by atoms with Crippen molar-refractivity contribution in [2.45, 2.75) is 12.5 Å². The van der Waals surface area contributed by atoms with Crippen LogP contribution in [0.5, 0.6) is 0 Å². The molecule has 0 fully saturated rings. The molecule has 0 aromatic heterocycles. The van der Waals surface area contributed by atoms with Gasteiger partial charge in [0.1, 0.15) is 17.5 Å². The molecule has 2 aromatic carbocycles. The van der Waals surface area contributed by atoms with Crippen LogP contribution in [-0.2, 0) is 6.42 Å². The minimum Gasteiger partial charge on any atom is -0.324 e. The minimum absolute atomic E-state index is 0.0347. The van der Waals surface area contributed by atoms with Crippen LogP contribution < -0.4 is 5.73 Å². The number of hydrogen-bond donors (Lipinski definition) is 1. The van der Waals surface area contributed by atoms with Crippen LogP contribution in [-0.4, -0.2) is 0 Å². The van der Waals surface area contributed by atoms with Crippen molar-refractivity contribution < 1.29 is 13.2 Å². The second-order valence-corrected chi connectivity index (χ2v) is 4.63. The SMILES string of the molecule is NC(Cc1ccc(F)cc1F)c1ccc(F)c(Cl)c1. The molecule has 1 atom stereocenters. The van der Waals surface area contributed by atoms with Crippen molar-refractivity contribution in [1.82, 2.24) is 0 Å². The molecule has 0 heterocycles. The van der Waals surface area contributed by atoms with E-state index in [-0.39, 0.29) is 11.4 Å². The van der Waals surface area contributed by atoms with Gasteiger partial charge in [0.05, 0.1) is 5.02 Å². The molecule has 0 aliphatic rings. The third-order valence-electron chi connectivity index (χ3n) is 2.83. The molecule has 2 aromatic rings. The van der Waals surface area contributed by atoms with Gasteiger partial charge in [-0.1, -0.05) is 23.7 Å². The van der Waals surface area contributed by atoms with E-state index in [1.165, 1.54) is 30.3 Å². The number of benzene rings is 2. The van der Waals surface area contributed by atoms with Crippen molar-refractivity contribution in [3.63, 3.8) is 0 Å². The fraction of sp³-hybridized carbons (Fsp3) is 0.143. The highest BCUT2D eigenvalue weighted by molar-refractivity contribution is 6.30. The Balaban J connectivity index is 2.20. The first-order valence-corrected chi connectivity index (χ1v) is 5.99. The van der Waals surface area contributed by atoms with E-state index in [4.69, 9.17) is 17.3 Å². The van der Waals surface area contributed by atoms with Crippen molar-refractivity contribution >= 4 is 11.6 Å². The molecule has 2 N–H and O–H groups in total. The second kappa shape index (κ2) is 5.63. The summed E-state index contributed by atoms with van der Waals surface area (Å²) in [5, 5.41) is -0.0347. The maximum absolute atomic E-state index is 13.5. The van der Waals surface area contributed by atoms with Gasteiger partial charge in [-0.3, -0.25) is 0 Å². The lowest BCUT2D eigenvalue weighted by Crippen LogP contribution is -2.14. The molecular formula is C14H11ClF3N. The fourth-order valence-electron chi connectivity index (χ4n) is 1.79. The maximum atomic E-state index is 13.5. The average molecular weight is 286 g/mol. The summed E-state index contributed by atoms with van der Waals surface area (Å²) < 4.78 is 39.3. The molecule has 1 nitrogen and oxygen atoms in total. The molecule has 19 heavy (non-hydrogen) atoms. The van der Waals surface area contributed by atoms with E-state index >= 15 is 0 Å². The number of nitrogens with two attached hydrogens (primary N) is 1. The highest BCUT2D eigenvalue weighted by Gasteiger charge is 2.12. The summed E-state index contributed by atoms with van der Waals surface area (Å²) in [6.07, 6.45) is 0.175. The van der Waals surface area contributed by atoms with Gasteiger partial charge in [0.25, 0.3) is 0 Å². The molecule has 0 saturated carbocycles. The first kappa shape index (κ1) is 13.9. The highest BCUT2D eigenvalue weighted by atomic mass is 35.5. The Morgan fingerprint density at radius 3 is 2.37 bits per heavy atom. The van der Waals surface area contributed by atoms with Gasteiger partial charge in [-0.15, -0.1) is 0 Å². The van der Waals surface area contributed by atoms with Crippen LogP contribution in [0.2, 0.25) is 5.02 Å². The van der Waals surface area contributed by atoms with Crippen molar-refractivity contribution in [3.05, 3.63) is 70.0 Å². The van der Waals surface area contributed by atoms with Gasteiger partial charge in [0.2, 0.25) is 0 Å². The van der Waals surface area contributed by atoms with Crippen LogP contribution in [0.25, 0.3) is 0 Å². The highest BCUT2D eigenvalue weighted by Crippen LogP contribution is 2.23. The Bertz CT molecular complexity index is 601. The van der Waals surface area contributed by atoms with Crippen LogP contribution in [0.3, 0.4) is 0 Å². The van der Waals surface area contributed by atoms with Gasteiger partial charge in [-0.2, -0.15) is 0 Å². The molecule has 5 heteroatoms. The maximum Gasteiger partial charge on any atom is 0.141 e. The third-order valence-corrected chi connectivity index (χ3v) is 3.12. The van der Waals surface area contributed by atoms with Crippen LogP contribution in [0, 0.1) is 17.5 Å². The lowest BCUT2D eigenvalue weighted by Gasteiger charge is -2.13. The number of hydrogen-bond acceptors (Lipinski definition) is 1. The summed E-state index contributed by atoms with van der Waals surface area (Å²) in [6, 6.07) is 6.88. The van der Waals surface area contributed by atoms with Crippen molar-refractivity contribution in [3.8, 4) is 0 Å². The van der Waals surface area contributed by atoms with E-state index in [9.17, 15) is 13.2 Å². The zero-order valence-corrected chi connectivity index (χ0v) is 10.6. The average Bonchev–Trinajstić information content (AvgIpc) is 2.36. The Kier molecular flexibility index (Phi) is 4.12. The summed E-state index contributed by atoms with van der Waals surface area (Å²) in [4.78, 5) is 0. The Hall–Kier alpha value is -1.52. The first-order valence-electron chi connectivity index (χ1n) is 5.62. The molecule has 2 rings (SSSR count). The van der Waals surface area contributed by atoms with E-state index < -0.39 is 23.5 Å². The summed E-state index contributed by atoms with van der Waals surface area (Å²) in [6.45, 7) is 0. The topological polar surface area (TPSA) is 26.0 Å². The van der Waals surface area contributed by atoms with Crippen LogP contribution >= 0.6 is 11.6 Å². The Morgan fingerprint density at radius 2 is 1.74 bits per heavy atom. The number of rotatable bonds is 3. The van der Waals surface area contributed by atoms with E-state index in [0.717, 1.165) is 6.07 Å². The number of halogens is 4. The van der Waals surface area contributed by atoms with Gasteiger partial charge in [-0.05, 0) is 35.7 Å². The van der Waals surface area contributed by atoms with Crippen molar-refractivity contribution in [2.24, 2.45) is 5.73 Å². The zero-order valence-electron chi connectivity index (χ0n) is 9.84. The summed E-state index contributed by atoms with van der Waals surface area (Å²) >= 11 is 5.66. The van der Waals surface area contributed by atoms with Gasteiger partial charge in [0.15, 0.2) is 0 Å². The molecular weight excluding hydrogens is 275 g/mol. The Morgan fingerprint density at radius 1 is 1.00 bits per heavy atom. The van der Waals surface area contributed by atoms with E-state index in [2.05, 4.69) is 0 Å². The predicted octanol–water partition coefficient (Wildman–Crippen LogP) is 4.00. The lowest BCUT2D eigenvalue weighted by atomic mass is 9.99. The minimum atomic E-state index is -0.649. The van der Waals surface area contributed by atoms with Gasteiger partial charge < -0.3 is 5.73 Å². The zero-order chi connectivity index (χ0) is 14.0. The molecule has 0 spiro atoms. The van der Waals surface area contributed by atoms with Gasteiger partial charge >= 0.3 is 0 Å². The molecule has 0 bridgehead atoms. The quantitative estimate of drug-likeness (QED) is 0.906. The van der Waals surface area contributed by atoms with Gasteiger partial charge in [0, 0.05) is 12.1 Å². The molecule has 0 radical (unpaired) electrons. The molecule has 0 aliphatic carbocycles. The van der Waals surface area contributed by atoms with E-state index in [1.54, 1.807) is 0 Å². The lowest BCUT2D eigenvalue weighted by molar-refractivity contribution is 0.562. The van der Waals surface area contributed by atoms with E-state index in [1.807, 2.05) is 0 Å². The smallest absolute Gasteiger partial charge is 0.141 e. The van der Waals surface area contributed by atoms with Crippen LogP contribution in [0.15, 0.2) is 36.4 Å². The fourth-order valence-corrected chi connectivity index (χ4v) is 1.97. The third kappa shape index (κ3) is 3.28. The second-order valence-electron chi connectivity index (χ2n) is 4.22. The Labute approximate surface area is 113 Å². The monoisotopic (exact) mass is 285 g/mol. The van der Waals surface area contributed by atoms with E-state index in [0.29, 0.717) is 11.1 Å². The van der Waals surface area contributed by atoms with Crippen LogP contribution in [0.4, 0.5) is 13.2 Å². The van der Waals surface area contributed by atoms with Crippen molar-refractivity contribution in [2.75, 3.05) is 0 Å². The first-order chi connectivity index (χ1) is 8.97. The molecule has 0 amide bonds. The molecule has 100 valence electrons.